The maximum Gasteiger partial charge on any atom is 0.335 e. The summed E-state index contributed by atoms with van der Waals surface area (Å²) in [6, 6.07) is 7.79. The smallest absolute Gasteiger partial charge is 0.335 e. The third kappa shape index (κ3) is 3.80. The molecular weight excluding hydrogens is 238 g/mol. The van der Waals surface area contributed by atoms with E-state index in [1.54, 1.807) is 12.1 Å². The molecule has 1 aliphatic rings. The lowest BCUT2D eigenvalue weighted by molar-refractivity contribution is 0.0696. The van der Waals surface area contributed by atoms with Crippen molar-refractivity contribution in [2.45, 2.75) is 45.7 Å². The normalized spacial score (nSPS) is 15.8. The Morgan fingerprint density at radius 3 is 2.68 bits per heavy atom. The summed E-state index contributed by atoms with van der Waals surface area (Å²) in [5, 5.41) is 9.03. The first kappa shape index (κ1) is 14.1. The van der Waals surface area contributed by atoms with E-state index >= 15 is 0 Å². The Morgan fingerprint density at radius 1 is 1.42 bits per heavy atom. The summed E-state index contributed by atoms with van der Waals surface area (Å²) in [5.74, 6) is -0.0120. The van der Waals surface area contributed by atoms with E-state index in [1.165, 1.54) is 19.3 Å². The minimum Gasteiger partial charge on any atom is -0.478 e. The van der Waals surface area contributed by atoms with Crippen molar-refractivity contribution < 1.29 is 9.90 Å². The van der Waals surface area contributed by atoms with Crippen LogP contribution < -0.4 is 0 Å². The van der Waals surface area contributed by atoms with Gasteiger partial charge in [-0.1, -0.05) is 18.6 Å². The molecule has 1 aliphatic carbocycles. The third-order valence-corrected chi connectivity index (χ3v) is 4.01. The number of aromatic carboxylic acids is 1. The quantitative estimate of drug-likeness (QED) is 0.853. The third-order valence-electron chi connectivity index (χ3n) is 4.01. The van der Waals surface area contributed by atoms with Crippen molar-refractivity contribution in [2.24, 2.45) is 5.92 Å². The molecule has 0 saturated heterocycles. The van der Waals surface area contributed by atoms with E-state index in [0.29, 0.717) is 11.6 Å². The second-order valence-corrected chi connectivity index (χ2v) is 5.83. The van der Waals surface area contributed by atoms with Gasteiger partial charge in [0, 0.05) is 19.1 Å². The molecule has 0 aromatic heterocycles. The van der Waals surface area contributed by atoms with E-state index in [-0.39, 0.29) is 0 Å². The highest BCUT2D eigenvalue weighted by atomic mass is 16.4. The maximum absolute atomic E-state index is 11.0. The Morgan fingerprint density at radius 2 is 2.16 bits per heavy atom. The first-order valence-corrected chi connectivity index (χ1v) is 7.12. The van der Waals surface area contributed by atoms with Crippen molar-refractivity contribution in [2.75, 3.05) is 6.54 Å². The predicted molar refractivity (Wildman–Crippen MR) is 76.3 cm³/mol. The van der Waals surface area contributed by atoms with Crippen molar-refractivity contribution >= 4 is 5.97 Å². The van der Waals surface area contributed by atoms with Crippen LogP contribution >= 0.6 is 0 Å². The summed E-state index contributed by atoms with van der Waals surface area (Å²) in [4.78, 5) is 13.4. The molecule has 0 spiro atoms. The van der Waals surface area contributed by atoms with Crippen LogP contribution in [0.2, 0.25) is 0 Å². The van der Waals surface area contributed by atoms with Crippen LogP contribution in [-0.4, -0.2) is 28.6 Å². The van der Waals surface area contributed by atoms with Gasteiger partial charge in [-0.05, 0) is 50.3 Å². The first-order valence-electron chi connectivity index (χ1n) is 7.12. The Hall–Kier alpha value is -1.35. The second-order valence-electron chi connectivity index (χ2n) is 5.83. The average molecular weight is 261 g/mol. The van der Waals surface area contributed by atoms with Crippen LogP contribution in [0.3, 0.4) is 0 Å². The fourth-order valence-corrected chi connectivity index (χ4v) is 2.50. The monoisotopic (exact) mass is 261 g/mol. The van der Waals surface area contributed by atoms with Crippen molar-refractivity contribution in [1.82, 2.24) is 4.90 Å². The van der Waals surface area contributed by atoms with Crippen LogP contribution in [0.15, 0.2) is 24.3 Å². The van der Waals surface area contributed by atoms with E-state index in [4.69, 9.17) is 5.11 Å². The van der Waals surface area contributed by atoms with Gasteiger partial charge < -0.3 is 5.11 Å². The van der Waals surface area contributed by atoms with Gasteiger partial charge in [-0.3, -0.25) is 4.90 Å². The number of carboxylic acids is 1. The standard InChI is InChI=1S/C16H23NO2/c1-12(2)17(10-13-5-3-6-13)11-14-7-4-8-15(9-14)16(18)19/h4,7-9,12-13H,3,5-6,10-11H2,1-2H3,(H,18,19). The van der Waals surface area contributed by atoms with Crippen LogP contribution in [0.1, 0.15) is 49.0 Å². The molecule has 0 heterocycles. The molecule has 1 aromatic rings. The average Bonchev–Trinajstić information content (AvgIpc) is 2.32. The van der Waals surface area contributed by atoms with Crippen LogP contribution in [0.5, 0.6) is 0 Å². The number of hydrogen-bond donors (Lipinski definition) is 1. The van der Waals surface area contributed by atoms with E-state index < -0.39 is 5.97 Å². The van der Waals surface area contributed by atoms with E-state index in [0.717, 1.165) is 24.6 Å². The molecule has 0 aliphatic heterocycles. The molecule has 0 unspecified atom stereocenters. The minimum atomic E-state index is -0.850. The summed E-state index contributed by atoms with van der Waals surface area (Å²) < 4.78 is 0. The van der Waals surface area contributed by atoms with E-state index in [2.05, 4.69) is 18.7 Å². The lowest BCUT2D eigenvalue weighted by atomic mass is 9.85. The highest BCUT2D eigenvalue weighted by molar-refractivity contribution is 5.87. The van der Waals surface area contributed by atoms with Gasteiger partial charge in [-0.2, -0.15) is 0 Å². The van der Waals surface area contributed by atoms with Crippen molar-refractivity contribution in [3.8, 4) is 0 Å². The molecule has 1 fully saturated rings. The predicted octanol–water partition coefficient (Wildman–Crippen LogP) is 3.40. The molecule has 104 valence electrons. The molecule has 1 saturated carbocycles. The van der Waals surface area contributed by atoms with Gasteiger partial charge in [-0.15, -0.1) is 0 Å². The lowest BCUT2D eigenvalue weighted by Gasteiger charge is -2.34. The zero-order chi connectivity index (χ0) is 13.8. The molecule has 0 atom stereocenters. The highest BCUT2D eigenvalue weighted by Crippen LogP contribution is 2.28. The van der Waals surface area contributed by atoms with Gasteiger partial charge in [-0.25, -0.2) is 4.79 Å². The van der Waals surface area contributed by atoms with Crippen molar-refractivity contribution in [3.63, 3.8) is 0 Å². The summed E-state index contributed by atoms with van der Waals surface area (Å²) in [6.07, 6.45) is 4.06. The Kier molecular flexibility index (Phi) is 4.59. The van der Waals surface area contributed by atoms with Gasteiger partial charge in [0.15, 0.2) is 0 Å². The summed E-state index contributed by atoms with van der Waals surface area (Å²) in [7, 11) is 0. The number of carbonyl (C=O) groups is 1. The number of nitrogens with zero attached hydrogens (tertiary/aromatic N) is 1. The topological polar surface area (TPSA) is 40.5 Å². The van der Waals surface area contributed by atoms with Gasteiger partial charge in [0.25, 0.3) is 0 Å². The van der Waals surface area contributed by atoms with Crippen molar-refractivity contribution in [3.05, 3.63) is 35.4 Å². The molecule has 0 radical (unpaired) electrons. The van der Waals surface area contributed by atoms with E-state index in [1.807, 2.05) is 12.1 Å². The summed E-state index contributed by atoms with van der Waals surface area (Å²) >= 11 is 0. The number of hydrogen-bond acceptors (Lipinski definition) is 2. The van der Waals surface area contributed by atoms with Crippen LogP contribution in [-0.2, 0) is 6.54 Å². The molecule has 19 heavy (non-hydrogen) atoms. The molecule has 3 nitrogen and oxygen atoms in total. The molecule has 0 bridgehead atoms. The zero-order valence-corrected chi connectivity index (χ0v) is 11.8. The maximum atomic E-state index is 11.0. The number of rotatable bonds is 6. The van der Waals surface area contributed by atoms with Gasteiger partial charge >= 0.3 is 5.97 Å². The summed E-state index contributed by atoms with van der Waals surface area (Å²) in [5.41, 5.74) is 1.47. The van der Waals surface area contributed by atoms with Crippen molar-refractivity contribution in [1.29, 1.82) is 0 Å². The SMILES string of the molecule is CC(C)N(Cc1cccc(C(=O)O)c1)CC1CCC1. The Labute approximate surface area is 115 Å². The lowest BCUT2D eigenvalue weighted by Crippen LogP contribution is -2.37. The molecule has 2 rings (SSSR count). The Bertz CT molecular complexity index is 438. The zero-order valence-electron chi connectivity index (χ0n) is 11.8. The fraction of sp³-hybridized carbons (Fsp3) is 0.562. The molecule has 0 amide bonds. The molecule has 3 heteroatoms. The van der Waals surface area contributed by atoms with Crippen LogP contribution in [0.4, 0.5) is 0 Å². The largest absolute Gasteiger partial charge is 0.478 e. The first-order chi connectivity index (χ1) is 9.06. The Balaban J connectivity index is 2.03. The molecular formula is C16H23NO2. The number of carboxylic acid groups (broad SMARTS) is 1. The fourth-order valence-electron chi connectivity index (χ4n) is 2.50. The van der Waals surface area contributed by atoms with Crippen LogP contribution in [0, 0.1) is 5.92 Å². The highest BCUT2D eigenvalue weighted by Gasteiger charge is 2.22. The van der Waals surface area contributed by atoms with Gasteiger partial charge in [0.2, 0.25) is 0 Å². The second kappa shape index (κ2) is 6.20. The number of benzene rings is 1. The van der Waals surface area contributed by atoms with Gasteiger partial charge in [0.1, 0.15) is 0 Å². The van der Waals surface area contributed by atoms with Gasteiger partial charge in [0.05, 0.1) is 5.56 Å². The minimum absolute atomic E-state index is 0.379. The van der Waals surface area contributed by atoms with Crippen LogP contribution in [0.25, 0.3) is 0 Å². The summed E-state index contributed by atoms with van der Waals surface area (Å²) in [6.45, 7) is 6.39. The molecule has 1 N–H and O–H groups in total. The molecule has 1 aromatic carbocycles. The van der Waals surface area contributed by atoms with E-state index in [9.17, 15) is 4.79 Å².